The van der Waals surface area contributed by atoms with Gasteiger partial charge in [0, 0.05) is 11.4 Å². The molecule has 32 heavy (non-hydrogen) atoms. The van der Waals surface area contributed by atoms with E-state index in [2.05, 4.69) is 11.9 Å². The smallest absolute Gasteiger partial charge is 0.263 e. The Hall–Kier alpha value is -3.10. The summed E-state index contributed by atoms with van der Waals surface area (Å²) in [6, 6.07) is 13.3. The Morgan fingerprint density at radius 3 is 2.78 bits per heavy atom. The van der Waals surface area contributed by atoms with E-state index in [0.717, 1.165) is 16.0 Å². The summed E-state index contributed by atoms with van der Waals surface area (Å²) in [5.74, 6) is 0.662. The van der Waals surface area contributed by atoms with Crippen LogP contribution in [-0.4, -0.2) is 21.2 Å². The van der Waals surface area contributed by atoms with Gasteiger partial charge in [-0.1, -0.05) is 48.2 Å². The maximum Gasteiger partial charge on any atom is 0.263 e. The molecule has 0 aliphatic rings. The molecule has 3 aromatic heterocycles. The summed E-state index contributed by atoms with van der Waals surface area (Å²) in [4.78, 5) is 32.3. The van der Waals surface area contributed by atoms with E-state index in [1.54, 1.807) is 23.0 Å². The van der Waals surface area contributed by atoms with Gasteiger partial charge in [-0.05, 0) is 37.1 Å². The van der Waals surface area contributed by atoms with Crippen LogP contribution in [0.15, 0.2) is 75.8 Å². The van der Waals surface area contributed by atoms with Crippen LogP contribution < -0.4 is 10.9 Å². The van der Waals surface area contributed by atoms with E-state index in [4.69, 9.17) is 9.40 Å². The van der Waals surface area contributed by atoms with Crippen molar-refractivity contribution >= 4 is 39.2 Å². The number of rotatable bonds is 8. The molecule has 0 saturated heterocycles. The van der Waals surface area contributed by atoms with Crippen molar-refractivity contribution in [2.24, 2.45) is 0 Å². The quantitative estimate of drug-likeness (QED) is 0.220. The predicted molar refractivity (Wildman–Crippen MR) is 130 cm³/mol. The maximum absolute atomic E-state index is 13.3. The summed E-state index contributed by atoms with van der Waals surface area (Å²) in [5, 5.41) is 4.03. The Balaban J connectivity index is 1.63. The molecular formula is C24H23N3O3S2. The molecule has 4 aromatic rings. The van der Waals surface area contributed by atoms with Crippen LogP contribution in [0.2, 0.25) is 0 Å². The van der Waals surface area contributed by atoms with Gasteiger partial charge in [0.1, 0.15) is 10.6 Å². The van der Waals surface area contributed by atoms with Gasteiger partial charge < -0.3 is 9.73 Å². The fourth-order valence-electron chi connectivity index (χ4n) is 3.49. The zero-order chi connectivity index (χ0) is 22.7. The second-order valence-electron chi connectivity index (χ2n) is 7.29. The van der Waals surface area contributed by atoms with Crippen LogP contribution in [0.4, 0.5) is 0 Å². The van der Waals surface area contributed by atoms with Crippen LogP contribution in [0.1, 0.15) is 24.3 Å². The first kappa shape index (κ1) is 22.1. The lowest BCUT2D eigenvalue weighted by molar-refractivity contribution is -0.119. The minimum absolute atomic E-state index is 0.113. The number of thiophene rings is 1. The molecule has 0 radical (unpaired) electrons. The Labute approximate surface area is 194 Å². The molecule has 3 heterocycles. The molecule has 0 fully saturated rings. The summed E-state index contributed by atoms with van der Waals surface area (Å²) in [7, 11) is 0. The molecule has 164 valence electrons. The Bertz CT molecular complexity index is 1310. The molecule has 1 unspecified atom stereocenters. The number of nitrogens with one attached hydrogen (secondary N) is 1. The molecule has 6 nitrogen and oxygen atoms in total. The zero-order valence-corrected chi connectivity index (χ0v) is 19.5. The highest BCUT2D eigenvalue weighted by Gasteiger charge is 2.20. The Morgan fingerprint density at radius 2 is 2.09 bits per heavy atom. The third-order valence-electron chi connectivity index (χ3n) is 5.04. The highest BCUT2D eigenvalue weighted by Crippen LogP contribution is 2.36. The minimum atomic E-state index is -0.239. The summed E-state index contributed by atoms with van der Waals surface area (Å²) >= 11 is 2.74. The molecule has 1 aromatic carbocycles. The van der Waals surface area contributed by atoms with Crippen molar-refractivity contribution in [3.05, 3.63) is 83.1 Å². The van der Waals surface area contributed by atoms with Gasteiger partial charge in [-0.3, -0.25) is 14.2 Å². The van der Waals surface area contributed by atoms with E-state index in [1.807, 2.05) is 50.2 Å². The molecule has 0 saturated carbocycles. The fraction of sp³-hybridized carbons (Fsp3) is 0.208. The number of carbonyl (C=O) groups excluding carboxylic acids is 1. The minimum Gasteiger partial charge on any atom is -0.467 e. The average Bonchev–Trinajstić information content (AvgIpc) is 3.44. The molecule has 0 aliphatic carbocycles. The van der Waals surface area contributed by atoms with Crippen LogP contribution in [-0.2, 0) is 11.3 Å². The van der Waals surface area contributed by atoms with E-state index < -0.39 is 0 Å². The largest absolute Gasteiger partial charge is 0.467 e. The summed E-state index contributed by atoms with van der Waals surface area (Å²) in [6.07, 6.45) is 3.24. The second kappa shape index (κ2) is 9.58. The number of amides is 1. The zero-order valence-electron chi connectivity index (χ0n) is 17.8. The molecule has 0 spiro atoms. The highest BCUT2D eigenvalue weighted by molar-refractivity contribution is 7.99. The van der Waals surface area contributed by atoms with E-state index in [1.165, 1.54) is 23.1 Å². The van der Waals surface area contributed by atoms with E-state index >= 15 is 0 Å². The van der Waals surface area contributed by atoms with Crippen molar-refractivity contribution in [1.29, 1.82) is 0 Å². The van der Waals surface area contributed by atoms with Crippen LogP contribution in [0, 0.1) is 6.92 Å². The topological polar surface area (TPSA) is 77.1 Å². The van der Waals surface area contributed by atoms with Gasteiger partial charge in [0.05, 0.1) is 23.4 Å². The number of aryl methyl sites for hydroxylation is 1. The number of carbonyl (C=O) groups is 1. The number of thioether (sulfide) groups is 1. The van der Waals surface area contributed by atoms with Crippen molar-refractivity contribution in [1.82, 2.24) is 14.9 Å². The SMILES string of the molecule is C=CCn1c(SCC(=O)NC(C)c2ccco2)nc2sc(-c3ccccc3)c(C)c2c1=O. The number of aromatic nitrogens is 2. The number of benzene rings is 1. The van der Waals surface area contributed by atoms with Gasteiger partial charge in [-0.2, -0.15) is 0 Å². The van der Waals surface area contributed by atoms with Gasteiger partial charge in [0.2, 0.25) is 5.91 Å². The summed E-state index contributed by atoms with van der Waals surface area (Å²) in [6.45, 7) is 7.91. The third-order valence-corrected chi connectivity index (χ3v) is 7.25. The first-order valence-corrected chi connectivity index (χ1v) is 12.0. The highest BCUT2D eigenvalue weighted by atomic mass is 32.2. The average molecular weight is 466 g/mol. The number of nitrogens with zero attached hydrogens (tertiary/aromatic N) is 2. The molecule has 8 heteroatoms. The number of furan rings is 1. The third kappa shape index (κ3) is 4.42. The lowest BCUT2D eigenvalue weighted by atomic mass is 10.1. The van der Waals surface area contributed by atoms with Crippen LogP contribution >= 0.6 is 23.1 Å². The van der Waals surface area contributed by atoms with Gasteiger partial charge in [0.25, 0.3) is 5.56 Å². The van der Waals surface area contributed by atoms with Gasteiger partial charge in [0.15, 0.2) is 5.16 Å². The number of allylic oxidation sites excluding steroid dienone is 1. The van der Waals surface area contributed by atoms with Crippen molar-refractivity contribution in [2.75, 3.05) is 5.75 Å². The molecule has 4 rings (SSSR count). The second-order valence-corrected chi connectivity index (χ2v) is 9.24. The summed E-state index contributed by atoms with van der Waals surface area (Å²) in [5.41, 5.74) is 1.87. The van der Waals surface area contributed by atoms with E-state index in [9.17, 15) is 9.59 Å². The Kier molecular flexibility index (Phi) is 6.62. The molecular weight excluding hydrogens is 442 g/mol. The fourth-order valence-corrected chi connectivity index (χ4v) is 5.53. The van der Waals surface area contributed by atoms with Crippen molar-refractivity contribution in [3.63, 3.8) is 0 Å². The molecule has 0 aliphatic heterocycles. The van der Waals surface area contributed by atoms with E-state index in [-0.39, 0.29) is 23.3 Å². The van der Waals surface area contributed by atoms with Crippen molar-refractivity contribution in [2.45, 2.75) is 31.6 Å². The van der Waals surface area contributed by atoms with Crippen LogP contribution in [0.25, 0.3) is 20.7 Å². The molecule has 0 bridgehead atoms. The lowest BCUT2D eigenvalue weighted by Gasteiger charge is -2.13. The van der Waals surface area contributed by atoms with Gasteiger partial charge >= 0.3 is 0 Å². The maximum atomic E-state index is 13.3. The predicted octanol–water partition coefficient (Wildman–Crippen LogP) is 5.18. The molecule has 1 amide bonds. The first-order chi connectivity index (χ1) is 15.5. The standard InChI is InChI=1S/C24H23N3O3S2/c1-4-12-27-23(29)20-15(2)21(17-9-6-5-7-10-17)32-22(20)26-24(27)31-14-19(28)25-16(3)18-11-8-13-30-18/h4-11,13,16H,1,12,14H2,2-3H3,(H,25,28). The van der Waals surface area contributed by atoms with Crippen LogP contribution in [0.5, 0.6) is 0 Å². The number of hydrogen-bond acceptors (Lipinski definition) is 6. The normalized spacial score (nSPS) is 12.1. The Morgan fingerprint density at radius 1 is 1.31 bits per heavy atom. The summed E-state index contributed by atoms with van der Waals surface area (Å²) < 4.78 is 6.92. The van der Waals surface area contributed by atoms with Crippen molar-refractivity contribution < 1.29 is 9.21 Å². The number of fused-ring (bicyclic) bond motifs is 1. The first-order valence-electron chi connectivity index (χ1n) is 10.2. The monoisotopic (exact) mass is 465 g/mol. The molecule has 1 atom stereocenters. The lowest BCUT2D eigenvalue weighted by Crippen LogP contribution is -2.29. The molecule has 1 N–H and O–H groups in total. The van der Waals surface area contributed by atoms with Gasteiger partial charge in [-0.15, -0.1) is 17.9 Å². The van der Waals surface area contributed by atoms with E-state index in [0.29, 0.717) is 27.7 Å². The number of hydrogen-bond donors (Lipinski definition) is 1. The van der Waals surface area contributed by atoms with Crippen molar-refractivity contribution in [3.8, 4) is 10.4 Å². The van der Waals surface area contributed by atoms with Crippen LogP contribution in [0.3, 0.4) is 0 Å². The van der Waals surface area contributed by atoms with Gasteiger partial charge in [-0.25, -0.2) is 4.98 Å².